The molecule has 8 heteroatoms. The molecule has 1 rings (SSSR count). The van der Waals surface area contributed by atoms with Gasteiger partial charge in [-0.3, -0.25) is 9.79 Å². The molecule has 0 fully saturated rings. The van der Waals surface area contributed by atoms with Crippen molar-refractivity contribution in [1.29, 1.82) is 0 Å². The maximum Gasteiger partial charge on any atom is 0.253 e. The lowest BCUT2D eigenvalue weighted by molar-refractivity contribution is 0.0698. The molecule has 0 spiro atoms. The van der Waals surface area contributed by atoms with E-state index >= 15 is 0 Å². The van der Waals surface area contributed by atoms with Crippen molar-refractivity contribution < 1.29 is 14.3 Å². The molecule has 0 unspecified atom stereocenters. The Labute approximate surface area is 179 Å². The van der Waals surface area contributed by atoms with Crippen LogP contribution in [0.3, 0.4) is 0 Å². The molecule has 1 aromatic carbocycles. The lowest BCUT2D eigenvalue weighted by atomic mass is 10.1. The van der Waals surface area contributed by atoms with Gasteiger partial charge in [0.15, 0.2) is 5.96 Å². The normalized spacial score (nSPS) is 10.9. The number of nitrogens with one attached hydrogen (secondary N) is 2. The molecule has 0 bridgehead atoms. The largest absolute Gasteiger partial charge is 0.382 e. The second kappa shape index (κ2) is 15.6. The van der Waals surface area contributed by atoms with Crippen molar-refractivity contribution in [3.63, 3.8) is 0 Å². The van der Waals surface area contributed by atoms with Crippen LogP contribution in [0.4, 0.5) is 0 Å². The van der Waals surface area contributed by atoms with Gasteiger partial charge >= 0.3 is 0 Å². The Bertz CT molecular complexity index is 568. The van der Waals surface area contributed by atoms with Gasteiger partial charge in [-0.2, -0.15) is 0 Å². The average Bonchev–Trinajstić information content (AvgIpc) is 2.65. The van der Waals surface area contributed by atoms with Gasteiger partial charge in [0.05, 0.1) is 13.2 Å². The van der Waals surface area contributed by atoms with Gasteiger partial charge in [0.1, 0.15) is 0 Å². The summed E-state index contributed by atoms with van der Waals surface area (Å²) in [5.74, 6) is 0.785. The standard InChI is InChI=1S/C19H32N4O3.HI/c1-20-19(21-10-6-12-26-14-13-25-4)22-11-9-16-7-5-8-17(15-16)18(24)23(2)3;/h5,7-8,15H,6,9-14H2,1-4H3,(H2,20,21,22);1H. The van der Waals surface area contributed by atoms with Gasteiger partial charge in [-0.1, -0.05) is 12.1 Å². The highest BCUT2D eigenvalue weighted by Gasteiger charge is 2.08. The van der Waals surface area contributed by atoms with E-state index in [9.17, 15) is 4.79 Å². The van der Waals surface area contributed by atoms with E-state index in [1.807, 2.05) is 24.3 Å². The lowest BCUT2D eigenvalue weighted by Crippen LogP contribution is -2.39. The van der Waals surface area contributed by atoms with Crippen LogP contribution in [0.2, 0.25) is 0 Å². The fourth-order valence-corrected chi connectivity index (χ4v) is 2.29. The number of halogens is 1. The SMILES string of the molecule is CN=C(NCCCOCCOC)NCCc1cccc(C(=O)N(C)C)c1.I. The first-order valence-corrected chi connectivity index (χ1v) is 8.90. The lowest BCUT2D eigenvalue weighted by Gasteiger charge is -2.13. The molecule has 0 saturated heterocycles. The first kappa shape index (κ1) is 25.6. The Hall–Kier alpha value is -1.39. The maximum atomic E-state index is 12.0. The van der Waals surface area contributed by atoms with Crippen LogP contribution in [0.15, 0.2) is 29.3 Å². The van der Waals surface area contributed by atoms with E-state index in [0.29, 0.717) is 25.4 Å². The number of amides is 1. The van der Waals surface area contributed by atoms with Gasteiger partial charge in [-0.15, -0.1) is 24.0 Å². The van der Waals surface area contributed by atoms with Crippen LogP contribution in [0.5, 0.6) is 0 Å². The molecule has 0 aliphatic heterocycles. The number of guanidine groups is 1. The second-order valence-corrected chi connectivity index (χ2v) is 6.03. The average molecular weight is 492 g/mol. The number of aliphatic imine (C=N–C) groups is 1. The molecule has 0 heterocycles. The highest BCUT2D eigenvalue weighted by Crippen LogP contribution is 2.07. The summed E-state index contributed by atoms with van der Waals surface area (Å²) in [4.78, 5) is 17.8. The number of benzene rings is 1. The van der Waals surface area contributed by atoms with Gasteiger partial charge in [0, 0.05) is 53.5 Å². The van der Waals surface area contributed by atoms with Crippen molar-refractivity contribution in [2.45, 2.75) is 12.8 Å². The van der Waals surface area contributed by atoms with Gasteiger partial charge in [-0.05, 0) is 30.5 Å². The van der Waals surface area contributed by atoms with E-state index in [-0.39, 0.29) is 29.9 Å². The summed E-state index contributed by atoms with van der Waals surface area (Å²) in [6, 6.07) is 7.73. The quantitative estimate of drug-likeness (QED) is 0.213. The third kappa shape index (κ3) is 11.1. The highest BCUT2D eigenvalue weighted by molar-refractivity contribution is 14.0. The van der Waals surface area contributed by atoms with Gasteiger partial charge in [0.25, 0.3) is 5.91 Å². The molecular formula is C19H33IN4O3. The van der Waals surface area contributed by atoms with E-state index in [4.69, 9.17) is 9.47 Å². The Balaban J connectivity index is 0.00000676. The number of nitrogens with zero attached hydrogens (tertiary/aromatic N) is 2. The van der Waals surface area contributed by atoms with Crippen molar-refractivity contribution in [3.05, 3.63) is 35.4 Å². The summed E-state index contributed by atoms with van der Waals surface area (Å²) >= 11 is 0. The summed E-state index contributed by atoms with van der Waals surface area (Å²) in [5, 5.41) is 6.54. The van der Waals surface area contributed by atoms with Crippen LogP contribution in [-0.4, -0.2) is 77.9 Å². The molecule has 0 aliphatic rings. The minimum absolute atomic E-state index is 0. The fourth-order valence-electron chi connectivity index (χ4n) is 2.29. The van der Waals surface area contributed by atoms with Crippen LogP contribution < -0.4 is 10.6 Å². The topological polar surface area (TPSA) is 75.2 Å². The van der Waals surface area contributed by atoms with Gasteiger partial charge in [-0.25, -0.2) is 0 Å². The van der Waals surface area contributed by atoms with Crippen LogP contribution in [0.25, 0.3) is 0 Å². The molecule has 0 aliphatic carbocycles. The predicted molar refractivity (Wildman–Crippen MR) is 120 cm³/mol. The van der Waals surface area contributed by atoms with Crippen molar-refractivity contribution in [3.8, 4) is 0 Å². The minimum Gasteiger partial charge on any atom is -0.382 e. The smallest absolute Gasteiger partial charge is 0.253 e. The van der Waals surface area contributed by atoms with Crippen molar-refractivity contribution in [2.24, 2.45) is 4.99 Å². The Morgan fingerprint density at radius 2 is 1.89 bits per heavy atom. The first-order chi connectivity index (χ1) is 12.6. The van der Waals surface area contributed by atoms with Crippen LogP contribution in [0, 0.1) is 0 Å². The van der Waals surface area contributed by atoms with Gasteiger partial charge < -0.3 is 25.0 Å². The number of carbonyl (C=O) groups is 1. The van der Waals surface area contributed by atoms with Gasteiger partial charge in [0.2, 0.25) is 0 Å². The number of carbonyl (C=O) groups excluding carboxylic acids is 1. The molecule has 1 amide bonds. The first-order valence-electron chi connectivity index (χ1n) is 8.90. The van der Waals surface area contributed by atoms with E-state index in [1.54, 1.807) is 33.2 Å². The number of hydrogen-bond donors (Lipinski definition) is 2. The van der Waals surface area contributed by atoms with E-state index in [0.717, 1.165) is 37.5 Å². The summed E-state index contributed by atoms with van der Waals surface area (Å²) in [5.41, 5.74) is 1.83. The van der Waals surface area contributed by atoms with Crippen molar-refractivity contribution in [2.75, 3.05) is 61.2 Å². The Morgan fingerprint density at radius 3 is 2.56 bits per heavy atom. The molecule has 0 radical (unpaired) electrons. The molecule has 7 nitrogen and oxygen atoms in total. The summed E-state index contributed by atoms with van der Waals surface area (Å²) in [6.07, 6.45) is 1.72. The molecule has 0 aromatic heterocycles. The number of rotatable bonds is 11. The summed E-state index contributed by atoms with van der Waals surface area (Å²) < 4.78 is 10.3. The molecular weight excluding hydrogens is 459 g/mol. The van der Waals surface area contributed by atoms with E-state index in [1.165, 1.54) is 0 Å². The van der Waals surface area contributed by atoms with Crippen LogP contribution >= 0.6 is 24.0 Å². The highest BCUT2D eigenvalue weighted by atomic mass is 127. The summed E-state index contributed by atoms with van der Waals surface area (Å²) in [6.45, 7) is 3.47. The number of hydrogen-bond acceptors (Lipinski definition) is 4. The zero-order chi connectivity index (χ0) is 19.2. The van der Waals surface area contributed by atoms with Crippen molar-refractivity contribution in [1.82, 2.24) is 15.5 Å². The zero-order valence-corrected chi connectivity index (χ0v) is 19.1. The number of methoxy groups -OCH3 is 1. The van der Waals surface area contributed by atoms with E-state index in [2.05, 4.69) is 15.6 Å². The van der Waals surface area contributed by atoms with Crippen molar-refractivity contribution >= 4 is 35.8 Å². The molecule has 2 N–H and O–H groups in total. The third-order valence-corrected chi connectivity index (χ3v) is 3.70. The van der Waals surface area contributed by atoms with Crippen LogP contribution in [-0.2, 0) is 15.9 Å². The third-order valence-electron chi connectivity index (χ3n) is 3.70. The number of ether oxygens (including phenoxy) is 2. The van der Waals surface area contributed by atoms with Crippen LogP contribution in [0.1, 0.15) is 22.3 Å². The zero-order valence-electron chi connectivity index (χ0n) is 16.8. The predicted octanol–water partition coefficient (Wildman–Crippen LogP) is 1.77. The molecule has 27 heavy (non-hydrogen) atoms. The fraction of sp³-hybridized carbons (Fsp3) is 0.579. The maximum absolute atomic E-state index is 12.0. The molecule has 1 aromatic rings. The Morgan fingerprint density at radius 1 is 1.15 bits per heavy atom. The Kier molecular flexibility index (Phi) is 14.8. The monoisotopic (exact) mass is 492 g/mol. The molecule has 0 saturated carbocycles. The minimum atomic E-state index is 0. The molecule has 154 valence electrons. The van der Waals surface area contributed by atoms with E-state index < -0.39 is 0 Å². The summed E-state index contributed by atoms with van der Waals surface area (Å²) in [7, 11) is 6.93. The molecule has 0 atom stereocenters. The second-order valence-electron chi connectivity index (χ2n) is 6.03.